The van der Waals surface area contributed by atoms with Crippen molar-refractivity contribution in [1.82, 2.24) is 24.2 Å². The van der Waals surface area contributed by atoms with Gasteiger partial charge in [0.2, 0.25) is 0 Å². The summed E-state index contributed by atoms with van der Waals surface area (Å²) in [6.07, 6.45) is 11.4. The molecule has 1 aliphatic rings. The number of amides is 1. The minimum absolute atomic E-state index is 0.0977. The van der Waals surface area contributed by atoms with Crippen LogP contribution in [0.1, 0.15) is 40.4 Å². The highest BCUT2D eigenvalue weighted by Gasteiger charge is 2.31. The third-order valence-corrected chi connectivity index (χ3v) is 4.75. The Balaban J connectivity index is 1.50. The van der Waals surface area contributed by atoms with Crippen LogP contribution in [0.15, 0.2) is 55.4 Å². The van der Waals surface area contributed by atoms with Crippen LogP contribution < -0.4 is 0 Å². The van der Waals surface area contributed by atoms with Crippen molar-refractivity contribution in [2.45, 2.75) is 25.4 Å². The van der Waals surface area contributed by atoms with Gasteiger partial charge in [-0.15, -0.1) is 0 Å². The molecule has 0 bridgehead atoms. The van der Waals surface area contributed by atoms with Crippen LogP contribution in [-0.4, -0.2) is 36.7 Å². The van der Waals surface area contributed by atoms with Gasteiger partial charge < -0.3 is 9.47 Å². The maximum atomic E-state index is 12.9. The van der Waals surface area contributed by atoms with Crippen LogP contribution in [0.25, 0.3) is 0 Å². The van der Waals surface area contributed by atoms with E-state index in [1.54, 1.807) is 17.2 Å². The molecule has 1 fully saturated rings. The Kier molecular flexibility index (Phi) is 4.09. The highest BCUT2D eigenvalue weighted by atomic mass is 16.2. The Hall–Kier alpha value is -2.89. The summed E-state index contributed by atoms with van der Waals surface area (Å²) in [4.78, 5) is 19.0. The first-order valence-corrected chi connectivity index (χ1v) is 8.55. The number of hydrogen-bond donors (Lipinski definition) is 0. The molecule has 1 atom stereocenters. The second-order valence-corrected chi connectivity index (χ2v) is 6.54. The van der Waals surface area contributed by atoms with Crippen molar-refractivity contribution in [3.05, 3.63) is 72.1 Å². The molecule has 1 aromatic carbocycles. The minimum atomic E-state index is 0.0977. The van der Waals surface area contributed by atoms with E-state index in [9.17, 15) is 4.79 Å². The molecule has 25 heavy (non-hydrogen) atoms. The highest BCUT2D eigenvalue weighted by molar-refractivity contribution is 5.94. The fourth-order valence-electron chi connectivity index (χ4n) is 3.48. The van der Waals surface area contributed by atoms with Gasteiger partial charge in [-0.3, -0.25) is 9.48 Å². The number of imidazole rings is 1. The Bertz CT molecular complexity index is 850. The van der Waals surface area contributed by atoms with Crippen molar-refractivity contribution in [1.29, 1.82) is 0 Å². The van der Waals surface area contributed by atoms with Crippen LogP contribution in [0.5, 0.6) is 0 Å². The predicted molar refractivity (Wildman–Crippen MR) is 94.0 cm³/mol. The zero-order chi connectivity index (χ0) is 17.2. The molecule has 2 aromatic heterocycles. The van der Waals surface area contributed by atoms with Crippen LogP contribution in [0.4, 0.5) is 0 Å². The second-order valence-electron chi connectivity index (χ2n) is 6.54. The molecule has 0 saturated carbocycles. The summed E-state index contributed by atoms with van der Waals surface area (Å²) in [6, 6.07) is 8.01. The molecule has 6 heteroatoms. The number of nitrogens with zero attached hydrogens (tertiary/aromatic N) is 5. The van der Waals surface area contributed by atoms with E-state index in [0.717, 1.165) is 42.6 Å². The minimum Gasteiger partial charge on any atom is -0.333 e. The quantitative estimate of drug-likeness (QED) is 0.736. The Labute approximate surface area is 146 Å². The number of aromatic nitrogens is 4. The summed E-state index contributed by atoms with van der Waals surface area (Å²) in [7, 11) is 1.91. The van der Waals surface area contributed by atoms with E-state index in [-0.39, 0.29) is 11.9 Å². The van der Waals surface area contributed by atoms with Gasteiger partial charge >= 0.3 is 0 Å². The molecule has 0 aliphatic carbocycles. The molecular weight excluding hydrogens is 314 g/mol. The number of carbonyl (C=O) groups is 1. The van der Waals surface area contributed by atoms with Gasteiger partial charge in [-0.2, -0.15) is 5.10 Å². The molecule has 1 amide bonds. The predicted octanol–water partition coefficient (Wildman–Crippen LogP) is 2.64. The standard InChI is InChI=1S/C19H21N5O/c1-22-13-17(11-21-22)18-3-2-9-24(18)19(25)16-6-4-15(5-7-16)12-23-10-8-20-14-23/h4-8,10-11,13-14,18H,2-3,9,12H2,1H3/t18-/m1/s1. The topological polar surface area (TPSA) is 56.0 Å². The van der Waals surface area contributed by atoms with E-state index >= 15 is 0 Å². The largest absolute Gasteiger partial charge is 0.333 e. The summed E-state index contributed by atoms with van der Waals surface area (Å²) in [5.41, 5.74) is 3.01. The van der Waals surface area contributed by atoms with Gasteiger partial charge in [0.05, 0.1) is 18.6 Å². The molecule has 4 rings (SSSR count). The van der Waals surface area contributed by atoms with E-state index in [1.807, 2.05) is 59.4 Å². The third kappa shape index (κ3) is 3.20. The average molecular weight is 335 g/mol. The summed E-state index contributed by atoms with van der Waals surface area (Å²) >= 11 is 0. The number of hydrogen-bond acceptors (Lipinski definition) is 3. The Morgan fingerprint density at radius 2 is 2.12 bits per heavy atom. The number of carbonyl (C=O) groups excluding carboxylic acids is 1. The van der Waals surface area contributed by atoms with Crippen molar-refractivity contribution in [3.63, 3.8) is 0 Å². The summed E-state index contributed by atoms with van der Waals surface area (Å²) in [6.45, 7) is 1.56. The molecule has 0 radical (unpaired) electrons. The van der Waals surface area contributed by atoms with E-state index in [4.69, 9.17) is 0 Å². The number of likely N-dealkylation sites (tertiary alicyclic amines) is 1. The molecule has 0 unspecified atom stereocenters. The van der Waals surface area contributed by atoms with Gasteiger partial charge in [0.15, 0.2) is 0 Å². The molecule has 3 heterocycles. The fraction of sp³-hybridized carbons (Fsp3) is 0.316. The first-order valence-electron chi connectivity index (χ1n) is 8.55. The van der Waals surface area contributed by atoms with Crippen molar-refractivity contribution in [2.24, 2.45) is 7.05 Å². The first-order chi connectivity index (χ1) is 12.2. The lowest BCUT2D eigenvalue weighted by Crippen LogP contribution is -2.30. The Morgan fingerprint density at radius 1 is 1.28 bits per heavy atom. The monoisotopic (exact) mass is 335 g/mol. The van der Waals surface area contributed by atoms with Gasteiger partial charge in [0.25, 0.3) is 5.91 Å². The van der Waals surface area contributed by atoms with E-state index in [1.165, 1.54) is 0 Å². The van der Waals surface area contributed by atoms with Gasteiger partial charge in [-0.05, 0) is 30.5 Å². The molecule has 3 aromatic rings. The van der Waals surface area contributed by atoms with Crippen LogP contribution in [-0.2, 0) is 13.6 Å². The molecule has 1 saturated heterocycles. The molecule has 6 nitrogen and oxygen atoms in total. The van der Waals surface area contributed by atoms with Crippen LogP contribution in [0, 0.1) is 0 Å². The van der Waals surface area contributed by atoms with Crippen LogP contribution in [0.2, 0.25) is 0 Å². The Morgan fingerprint density at radius 3 is 2.80 bits per heavy atom. The van der Waals surface area contributed by atoms with E-state index in [0.29, 0.717) is 0 Å². The SMILES string of the molecule is Cn1cc([C@H]2CCCN2C(=O)c2ccc(Cn3ccnc3)cc2)cn1. The van der Waals surface area contributed by atoms with Gasteiger partial charge in [0, 0.05) is 49.9 Å². The maximum absolute atomic E-state index is 12.9. The van der Waals surface area contributed by atoms with Gasteiger partial charge in [0.1, 0.15) is 0 Å². The fourth-order valence-corrected chi connectivity index (χ4v) is 3.48. The number of rotatable bonds is 4. The number of aryl methyl sites for hydroxylation is 1. The smallest absolute Gasteiger partial charge is 0.254 e. The highest BCUT2D eigenvalue weighted by Crippen LogP contribution is 2.32. The van der Waals surface area contributed by atoms with E-state index < -0.39 is 0 Å². The zero-order valence-corrected chi connectivity index (χ0v) is 14.2. The molecule has 0 spiro atoms. The van der Waals surface area contributed by atoms with Crippen LogP contribution in [0.3, 0.4) is 0 Å². The molecular formula is C19H21N5O. The average Bonchev–Trinajstić information content (AvgIpc) is 3.36. The lowest BCUT2D eigenvalue weighted by atomic mass is 10.1. The van der Waals surface area contributed by atoms with Crippen molar-refractivity contribution in [3.8, 4) is 0 Å². The van der Waals surface area contributed by atoms with Crippen molar-refractivity contribution in [2.75, 3.05) is 6.54 Å². The maximum Gasteiger partial charge on any atom is 0.254 e. The second kappa shape index (κ2) is 6.55. The van der Waals surface area contributed by atoms with Gasteiger partial charge in [-0.25, -0.2) is 4.98 Å². The van der Waals surface area contributed by atoms with Crippen LogP contribution >= 0.6 is 0 Å². The first kappa shape index (κ1) is 15.6. The zero-order valence-electron chi connectivity index (χ0n) is 14.2. The number of benzene rings is 1. The summed E-state index contributed by atoms with van der Waals surface area (Å²) in [5.74, 6) is 0.0977. The lowest BCUT2D eigenvalue weighted by Gasteiger charge is -2.24. The molecule has 0 N–H and O–H groups in total. The molecule has 128 valence electrons. The lowest BCUT2D eigenvalue weighted by molar-refractivity contribution is 0.0735. The molecule has 1 aliphatic heterocycles. The summed E-state index contributed by atoms with van der Waals surface area (Å²) < 4.78 is 3.80. The third-order valence-electron chi connectivity index (χ3n) is 4.75. The summed E-state index contributed by atoms with van der Waals surface area (Å²) in [5, 5.41) is 4.25. The van der Waals surface area contributed by atoms with E-state index in [2.05, 4.69) is 10.1 Å². The van der Waals surface area contributed by atoms with Gasteiger partial charge in [-0.1, -0.05) is 12.1 Å². The normalized spacial score (nSPS) is 17.2. The van der Waals surface area contributed by atoms with Crippen molar-refractivity contribution < 1.29 is 4.79 Å². The van der Waals surface area contributed by atoms with Crippen molar-refractivity contribution >= 4 is 5.91 Å².